The summed E-state index contributed by atoms with van der Waals surface area (Å²) in [7, 11) is 5.87. The van der Waals surface area contributed by atoms with Crippen molar-refractivity contribution in [1.82, 2.24) is 14.5 Å². The molecule has 0 radical (unpaired) electrons. The highest BCUT2D eigenvalue weighted by atomic mass is 33.1. The zero-order valence-corrected chi connectivity index (χ0v) is 27.2. The number of fused-ring (bicyclic) bond motifs is 2. The summed E-state index contributed by atoms with van der Waals surface area (Å²) in [5.41, 5.74) is 8.82. The highest BCUT2D eigenvalue weighted by molar-refractivity contribution is 8.76. The van der Waals surface area contributed by atoms with Gasteiger partial charge in [-0.25, -0.2) is 0 Å². The largest absolute Gasteiger partial charge is 0.388 e. The van der Waals surface area contributed by atoms with Gasteiger partial charge in [0.05, 0.1) is 0 Å². The summed E-state index contributed by atoms with van der Waals surface area (Å²) in [6.45, 7) is 8.44. The van der Waals surface area contributed by atoms with E-state index in [1.807, 2.05) is 59.9 Å². The van der Waals surface area contributed by atoms with E-state index in [2.05, 4.69) is 113 Å². The lowest BCUT2D eigenvalue weighted by Crippen LogP contribution is -2.04. The number of nitrogens with one attached hydrogen (secondary N) is 2. The van der Waals surface area contributed by atoms with Crippen LogP contribution in [0.5, 0.6) is 0 Å². The summed E-state index contributed by atoms with van der Waals surface area (Å²) < 4.78 is 4.92. The van der Waals surface area contributed by atoms with Crippen LogP contribution in [0.25, 0.3) is 34.0 Å². The topological polar surface area (TPSA) is 45.7 Å². The van der Waals surface area contributed by atoms with E-state index in [9.17, 15) is 0 Å². The number of aromatic nitrogens is 2. The van der Waals surface area contributed by atoms with Gasteiger partial charge in [-0.2, -0.15) is 0 Å². The Labute approximate surface area is 264 Å². The second kappa shape index (κ2) is 16.7. The third kappa shape index (κ3) is 8.15. The van der Waals surface area contributed by atoms with Gasteiger partial charge in [-0.15, -0.1) is 0 Å². The standard InChI is InChI=1S/C37H42N4S2/c1-5-6-16-31(39-4)22-23-33-30(3)41(37-21-14-12-19-35(33)37)26-28-43-42-27-25-40-29(2)32(17-10-8-7-9-15-24-38)34-18-11-13-20-36(34)40/h5-24,38-39H,25-28H2,1-4H3/b6-5-,8-7+,15-9-,17-10+,23-22+,31-16-,38-24?. The molecule has 2 aromatic heterocycles. The molecule has 0 spiro atoms. The fourth-order valence-electron chi connectivity index (χ4n) is 5.28. The third-order valence-electron chi connectivity index (χ3n) is 7.43. The molecule has 0 bridgehead atoms. The maximum Gasteiger partial charge on any atom is 0.0488 e. The van der Waals surface area contributed by atoms with Crippen LogP contribution < -0.4 is 5.32 Å². The summed E-state index contributed by atoms with van der Waals surface area (Å²) in [5, 5.41) is 12.9. The smallest absolute Gasteiger partial charge is 0.0488 e. The molecule has 4 rings (SSSR count). The normalized spacial score (nSPS) is 13.0. The molecule has 222 valence electrons. The van der Waals surface area contributed by atoms with Crippen molar-refractivity contribution in [2.75, 3.05) is 18.6 Å². The Morgan fingerprint density at radius 1 is 0.744 bits per heavy atom. The molecule has 0 atom stereocenters. The molecule has 0 saturated heterocycles. The van der Waals surface area contributed by atoms with Crippen molar-refractivity contribution < 1.29 is 0 Å². The lowest BCUT2D eigenvalue weighted by molar-refractivity contribution is 0.777. The van der Waals surface area contributed by atoms with Gasteiger partial charge in [0, 0.05) is 87.9 Å². The molecule has 0 amide bonds. The van der Waals surface area contributed by atoms with Crippen molar-refractivity contribution in [2.24, 2.45) is 0 Å². The molecule has 0 fully saturated rings. The van der Waals surface area contributed by atoms with E-state index in [-0.39, 0.29) is 0 Å². The van der Waals surface area contributed by atoms with Crippen molar-refractivity contribution in [1.29, 1.82) is 5.41 Å². The first-order chi connectivity index (χ1) is 21.1. The SMILES string of the molecule is C\C=C/C=C(/C=C/c1c(C)n(CCSSCCn2c(C)c(/C=C/C=C/C=C\C=N)c3ccccc32)c2ccccc12)NC. The predicted molar refractivity (Wildman–Crippen MR) is 195 cm³/mol. The molecule has 0 unspecified atom stereocenters. The molecule has 4 aromatic rings. The second-order valence-corrected chi connectivity index (χ2v) is 12.7. The quantitative estimate of drug-likeness (QED) is 0.0613. The Kier molecular flexibility index (Phi) is 12.4. The van der Waals surface area contributed by atoms with Crippen molar-refractivity contribution in [3.63, 3.8) is 0 Å². The number of likely N-dealkylation sites (N-methyl/N-ethyl adjacent to an activating group) is 1. The first kappa shape index (κ1) is 32.1. The minimum absolute atomic E-state index is 0.977. The number of allylic oxidation sites excluding steroid dienone is 9. The van der Waals surface area contributed by atoms with E-state index in [0.717, 1.165) is 30.3 Å². The minimum Gasteiger partial charge on any atom is -0.388 e. The molecule has 2 heterocycles. The van der Waals surface area contributed by atoms with Gasteiger partial charge in [0.2, 0.25) is 0 Å². The van der Waals surface area contributed by atoms with Gasteiger partial charge >= 0.3 is 0 Å². The first-order valence-electron chi connectivity index (χ1n) is 14.7. The van der Waals surface area contributed by atoms with Crippen LogP contribution in [0.2, 0.25) is 0 Å². The van der Waals surface area contributed by atoms with Gasteiger partial charge < -0.3 is 19.9 Å². The van der Waals surface area contributed by atoms with Gasteiger partial charge in [-0.1, -0.05) is 107 Å². The van der Waals surface area contributed by atoms with Crippen LogP contribution in [0.4, 0.5) is 0 Å². The van der Waals surface area contributed by atoms with E-state index in [0.29, 0.717) is 0 Å². The average molecular weight is 607 g/mol. The molecule has 6 heteroatoms. The molecule has 4 nitrogen and oxygen atoms in total. The lowest BCUT2D eigenvalue weighted by Gasteiger charge is -2.10. The number of hydrogen-bond donors (Lipinski definition) is 2. The number of aryl methyl sites for hydroxylation is 2. The van der Waals surface area contributed by atoms with Crippen LogP contribution in [0.3, 0.4) is 0 Å². The molecule has 2 aromatic carbocycles. The van der Waals surface area contributed by atoms with Crippen molar-refractivity contribution in [3.05, 3.63) is 131 Å². The zero-order chi connectivity index (χ0) is 30.4. The van der Waals surface area contributed by atoms with E-state index in [1.54, 1.807) is 6.08 Å². The molecular formula is C37H42N4S2. The first-order valence-corrected chi connectivity index (χ1v) is 17.2. The van der Waals surface area contributed by atoms with Crippen molar-refractivity contribution >= 4 is 61.8 Å². The highest BCUT2D eigenvalue weighted by Crippen LogP contribution is 2.31. The molecule has 0 saturated carbocycles. The van der Waals surface area contributed by atoms with E-state index < -0.39 is 0 Å². The van der Waals surface area contributed by atoms with Gasteiger partial charge in [-0.05, 0) is 51.1 Å². The average Bonchev–Trinajstić information content (AvgIpc) is 3.45. The Hall–Kier alpha value is -3.87. The van der Waals surface area contributed by atoms with Gasteiger partial charge in [0.1, 0.15) is 0 Å². The third-order valence-corrected chi connectivity index (χ3v) is 9.79. The van der Waals surface area contributed by atoms with Gasteiger partial charge in [0.15, 0.2) is 0 Å². The lowest BCUT2D eigenvalue weighted by atomic mass is 10.1. The van der Waals surface area contributed by atoms with Crippen molar-refractivity contribution in [3.8, 4) is 0 Å². The monoisotopic (exact) mass is 606 g/mol. The summed E-state index contributed by atoms with van der Waals surface area (Å²) in [4.78, 5) is 0. The number of benzene rings is 2. The van der Waals surface area contributed by atoms with Crippen LogP contribution in [0.1, 0.15) is 29.4 Å². The summed E-state index contributed by atoms with van der Waals surface area (Å²) in [5.74, 6) is 2.10. The fourth-order valence-corrected chi connectivity index (χ4v) is 7.19. The molecule has 2 N–H and O–H groups in total. The molecule has 0 aliphatic heterocycles. The number of hydrogen-bond acceptors (Lipinski definition) is 4. The van der Waals surface area contributed by atoms with E-state index >= 15 is 0 Å². The predicted octanol–water partition coefficient (Wildman–Crippen LogP) is 9.76. The maximum absolute atomic E-state index is 7.08. The minimum atomic E-state index is 0.977. The molecule has 43 heavy (non-hydrogen) atoms. The van der Waals surface area contributed by atoms with Gasteiger partial charge in [0.25, 0.3) is 0 Å². The van der Waals surface area contributed by atoms with E-state index in [1.165, 1.54) is 50.5 Å². The van der Waals surface area contributed by atoms with Crippen LogP contribution in [-0.4, -0.2) is 33.9 Å². The fraction of sp³-hybridized carbons (Fsp3) is 0.216. The van der Waals surface area contributed by atoms with Crippen LogP contribution in [-0.2, 0) is 13.1 Å². The summed E-state index contributed by atoms with van der Waals surface area (Å²) >= 11 is 0. The number of nitrogens with zero attached hydrogens (tertiary/aromatic N) is 2. The van der Waals surface area contributed by atoms with Crippen LogP contribution >= 0.6 is 21.6 Å². The molecule has 0 aliphatic rings. The van der Waals surface area contributed by atoms with Crippen LogP contribution in [0.15, 0.2) is 109 Å². The Balaban J connectivity index is 1.39. The Morgan fingerprint density at radius 2 is 1.28 bits per heavy atom. The highest BCUT2D eigenvalue weighted by Gasteiger charge is 2.13. The number of para-hydroxylation sites is 2. The molecular weight excluding hydrogens is 565 g/mol. The molecule has 0 aliphatic carbocycles. The van der Waals surface area contributed by atoms with E-state index in [4.69, 9.17) is 5.41 Å². The van der Waals surface area contributed by atoms with Crippen molar-refractivity contribution in [2.45, 2.75) is 33.9 Å². The maximum atomic E-state index is 7.08. The second-order valence-electron chi connectivity index (χ2n) is 10.0. The zero-order valence-electron chi connectivity index (χ0n) is 25.6. The number of rotatable bonds is 15. The van der Waals surface area contributed by atoms with Crippen LogP contribution in [0, 0.1) is 19.3 Å². The summed E-state index contributed by atoms with van der Waals surface area (Å²) in [6.07, 6.45) is 23.7. The Morgan fingerprint density at radius 3 is 1.84 bits per heavy atom. The summed E-state index contributed by atoms with van der Waals surface area (Å²) in [6, 6.07) is 17.4. The Bertz CT molecular complexity index is 1710. The van der Waals surface area contributed by atoms with Gasteiger partial charge in [-0.3, -0.25) is 0 Å².